The van der Waals surface area contributed by atoms with Crippen LogP contribution in [-0.2, 0) is 15.7 Å². The summed E-state index contributed by atoms with van der Waals surface area (Å²) in [5.74, 6) is -2.43. The fourth-order valence-corrected chi connectivity index (χ4v) is 4.78. The molecule has 244 valence electrons. The summed E-state index contributed by atoms with van der Waals surface area (Å²) in [6, 6.07) is 26.1. The number of carboxylic acid groups (broad SMARTS) is 1. The fourth-order valence-electron chi connectivity index (χ4n) is 4.61. The van der Waals surface area contributed by atoms with E-state index in [-0.39, 0.29) is 22.6 Å². The molecule has 6 rings (SSSR count). The number of carboxylic acids is 1. The maximum atomic E-state index is 12.9. The van der Waals surface area contributed by atoms with Gasteiger partial charge in [0.15, 0.2) is 0 Å². The van der Waals surface area contributed by atoms with E-state index in [1.54, 1.807) is 54.6 Å². The Labute approximate surface area is 276 Å². The lowest BCUT2D eigenvalue weighted by molar-refractivity contribution is -0.137. The zero-order valence-corrected chi connectivity index (χ0v) is 25.7. The first-order chi connectivity index (χ1) is 22.9. The number of aromatic carboxylic acids is 1. The van der Waals surface area contributed by atoms with E-state index in [1.807, 2.05) is 19.1 Å². The Hall–Kier alpha value is -5.88. The van der Waals surface area contributed by atoms with Gasteiger partial charge in [0.25, 0.3) is 6.29 Å². The molecule has 0 saturated carbocycles. The van der Waals surface area contributed by atoms with E-state index in [0.717, 1.165) is 23.4 Å². The van der Waals surface area contributed by atoms with E-state index in [4.69, 9.17) is 26.2 Å². The fraction of sp³-hybridized carbons (Fsp3) is 0.0857. The molecule has 3 N–H and O–H groups in total. The third kappa shape index (κ3) is 7.73. The zero-order valence-electron chi connectivity index (χ0n) is 24.9. The molecule has 9 nitrogen and oxygen atoms in total. The number of rotatable bonds is 7. The number of hydrogen-bond donors (Lipinski definition) is 3. The quantitative estimate of drug-likeness (QED) is 0.145. The van der Waals surface area contributed by atoms with Crippen LogP contribution in [-0.4, -0.2) is 28.0 Å². The van der Waals surface area contributed by atoms with E-state index in [9.17, 15) is 27.6 Å². The molecule has 0 saturated heterocycles. The standard InChI is InChI=1S/C21H13F3N2O4.C14H12ClNO2/c22-21(23,24)12-5-3-6-13(11-12)26-17-16(9-4-10-25-17)19(28)30-20-15-8-2-1-7-14(15)18(27)29-20;1-9-11(15)6-4-8-12(9)16-13-7-3-2-5-10(13)14(17)18/h1-11,20H,(H,25,26);2-8,16H,1H3,(H,17,18). The van der Waals surface area contributed by atoms with Crippen molar-refractivity contribution in [2.24, 2.45) is 0 Å². The number of anilines is 4. The number of aromatic nitrogens is 1. The minimum absolute atomic E-state index is 0.000525. The lowest BCUT2D eigenvalue weighted by atomic mass is 10.1. The summed E-state index contributed by atoms with van der Waals surface area (Å²) < 4.78 is 49.2. The van der Waals surface area contributed by atoms with E-state index >= 15 is 0 Å². The van der Waals surface area contributed by atoms with Crippen molar-refractivity contribution in [3.05, 3.63) is 148 Å². The number of carbonyl (C=O) groups is 3. The maximum absolute atomic E-state index is 12.9. The van der Waals surface area contributed by atoms with Crippen molar-refractivity contribution in [3.8, 4) is 0 Å². The third-order valence-corrected chi connectivity index (χ3v) is 7.45. The van der Waals surface area contributed by atoms with Gasteiger partial charge in [0.1, 0.15) is 11.4 Å². The van der Waals surface area contributed by atoms with Gasteiger partial charge < -0.3 is 25.2 Å². The number of ether oxygens (including phenoxy) is 2. The van der Waals surface area contributed by atoms with Gasteiger partial charge in [-0.1, -0.05) is 54.1 Å². The highest BCUT2D eigenvalue weighted by Gasteiger charge is 2.34. The lowest BCUT2D eigenvalue weighted by Gasteiger charge is -2.15. The number of hydrogen-bond acceptors (Lipinski definition) is 8. The van der Waals surface area contributed by atoms with Crippen LogP contribution < -0.4 is 10.6 Å². The molecule has 1 atom stereocenters. The molecule has 0 aliphatic carbocycles. The first-order valence-corrected chi connectivity index (χ1v) is 14.5. The number of para-hydroxylation sites is 1. The average molecular weight is 676 g/mol. The lowest BCUT2D eigenvalue weighted by Crippen LogP contribution is -2.14. The molecule has 4 aromatic carbocycles. The van der Waals surface area contributed by atoms with Gasteiger partial charge in [0, 0.05) is 28.2 Å². The molecule has 0 amide bonds. The van der Waals surface area contributed by atoms with Crippen LogP contribution in [0.15, 0.2) is 109 Å². The summed E-state index contributed by atoms with van der Waals surface area (Å²) >= 11 is 6.03. The number of fused-ring (bicyclic) bond motifs is 1. The van der Waals surface area contributed by atoms with Crippen molar-refractivity contribution >= 4 is 52.4 Å². The van der Waals surface area contributed by atoms with Crippen molar-refractivity contribution in [2.75, 3.05) is 10.6 Å². The Bertz CT molecular complexity index is 2000. The van der Waals surface area contributed by atoms with E-state index in [1.165, 1.54) is 30.5 Å². The summed E-state index contributed by atoms with van der Waals surface area (Å²) in [6.45, 7) is 1.88. The Morgan fingerprint density at radius 1 is 0.875 bits per heavy atom. The molecule has 1 aliphatic rings. The second-order valence-corrected chi connectivity index (χ2v) is 10.6. The van der Waals surface area contributed by atoms with Crippen molar-refractivity contribution in [1.29, 1.82) is 0 Å². The number of nitrogens with zero attached hydrogens (tertiary/aromatic N) is 1. The van der Waals surface area contributed by atoms with Gasteiger partial charge in [-0.3, -0.25) is 0 Å². The predicted octanol–water partition coefficient (Wildman–Crippen LogP) is 8.96. The van der Waals surface area contributed by atoms with Crippen LogP contribution in [0.1, 0.15) is 54.1 Å². The minimum atomic E-state index is -4.51. The summed E-state index contributed by atoms with van der Waals surface area (Å²) in [5.41, 5.74) is 2.39. The van der Waals surface area contributed by atoms with Crippen LogP contribution >= 0.6 is 11.6 Å². The molecular formula is C35H25ClF3N3O6. The summed E-state index contributed by atoms with van der Waals surface area (Å²) in [5, 5.41) is 15.5. The monoisotopic (exact) mass is 675 g/mol. The third-order valence-electron chi connectivity index (χ3n) is 7.04. The van der Waals surface area contributed by atoms with Crippen LogP contribution in [0, 0.1) is 6.92 Å². The number of cyclic esters (lactones) is 1. The number of alkyl halides is 3. The van der Waals surface area contributed by atoms with Crippen LogP contribution in [0.2, 0.25) is 5.02 Å². The van der Waals surface area contributed by atoms with Gasteiger partial charge in [-0.05, 0) is 73.2 Å². The van der Waals surface area contributed by atoms with Crippen molar-refractivity contribution in [3.63, 3.8) is 0 Å². The molecule has 48 heavy (non-hydrogen) atoms. The van der Waals surface area contributed by atoms with Crippen molar-refractivity contribution in [1.82, 2.24) is 4.98 Å². The van der Waals surface area contributed by atoms with Crippen LogP contribution in [0.25, 0.3) is 0 Å². The Balaban J connectivity index is 0.000000214. The summed E-state index contributed by atoms with van der Waals surface area (Å²) in [6.07, 6.45) is -4.36. The average Bonchev–Trinajstić information content (AvgIpc) is 3.38. The molecule has 0 fully saturated rings. The number of halogens is 4. The molecule has 1 aromatic heterocycles. The molecule has 5 aromatic rings. The first kappa shape index (κ1) is 33.5. The molecule has 2 heterocycles. The number of pyridine rings is 1. The smallest absolute Gasteiger partial charge is 0.416 e. The Morgan fingerprint density at radius 2 is 1.56 bits per heavy atom. The molecule has 0 bridgehead atoms. The van der Waals surface area contributed by atoms with E-state index in [2.05, 4.69) is 15.6 Å². The Morgan fingerprint density at radius 3 is 2.33 bits per heavy atom. The molecule has 0 radical (unpaired) electrons. The van der Waals surface area contributed by atoms with Gasteiger partial charge in [-0.2, -0.15) is 13.2 Å². The first-order valence-electron chi connectivity index (χ1n) is 14.2. The van der Waals surface area contributed by atoms with Crippen molar-refractivity contribution in [2.45, 2.75) is 19.4 Å². The van der Waals surface area contributed by atoms with Crippen LogP contribution in [0.3, 0.4) is 0 Å². The highest BCUT2D eigenvalue weighted by Crippen LogP contribution is 2.34. The summed E-state index contributed by atoms with van der Waals surface area (Å²) in [4.78, 5) is 39.7. The minimum Gasteiger partial charge on any atom is -0.478 e. The number of carbonyl (C=O) groups excluding carboxylic acids is 2. The normalized spacial score (nSPS) is 13.4. The van der Waals surface area contributed by atoms with Gasteiger partial charge >= 0.3 is 24.1 Å². The highest BCUT2D eigenvalue weighted by molar-refractivity contribution is 6.31. The number of esters is 2. The zero-order chi connectivity index (χ0) is 34.4. The largest absolute Gasteiger partial charge is 0.478 e. The number of nitrogens with one attached hydrogen (secondary N) is 2. The SMILES string of the molecule is Cc1c(Cl)cccc1Nc1ccccc1C(=O)O.O=C1OC(OC(=O)c2cccnc2Nc2cccc(C(F)(F)F)c2)c2ccccc21. The van der Waals surface area contributed by atoms with Gasteiger partial charge in [-0.15, -0.1) is 0 Å². The second kappa shape index (κ2) is 14.3. The molecular weight excluding hydrogens is 651 g/mol. The Kier molecular flexibility index (Phi) is 9.95. The predicted molar refractivity (Wildman–Crippen MR) is 172 cm³/mol. The topological polar surface area (TPSA) is 127 Å². The molecule has 1 aliphatic heterocycles. The second-order valence-electron chi connectivity index (χ2n) is 10.2. The van der Waals surface area contributed by atoms with E-state index in [0.29, 0.717) is 21.8 Å². The van der Waals surface area contributed by atoms with Crippen molar-refractivity contribution < 1.29 is 42.1 Å². The van der Waals surface area contributed by atoms with Gasteiger partial charge in [0.2, 0.25) is 0 Å². The number of benzene rings is 4. The molecule has 1 unspecified atom stereocenters. The van der Waals surface area contributed by atoms with E-state index < -0.39 is 35.9 Å². The maximum Gasteiger partial charge on any atom is 0.416 e. The molecule has 13 heteroatoms. The van der Waals surface area contributed by atoms with Crippen LogP contribution in [0.5, 0.6) is 0 Å². The molecule has 0 spiro atoms. The highest BCUT2D eigenvalue weighted by atomic mass is 35.5. The van der Waals surface area contributed by atoms with Crippen LogP contribution in [0.4, 0.5) is 36.1 Å². The van der Waals surface area contributed by atoms with Gasteiger partial charge in [0.05, 0.1) is 22.4 Å². The van der Waals surface area contributed by atoms with Gasteiger partial charge in [-0.25, -0.2) is 19.4 Å². The summed E-state index contributed by atoms with van der Waals surface area (Å²) in [7, 11) is 0.